The molecule has 0 aliphatic carbocycles. The minimum Gasteiger partial charge on any atom is -0.355 e. The van der Waals surface area contributed by atoms with Gasteiger partial charge in [0.25, 0.3) is 5.91 Å². The fourth-order valence-electron chi connectivity index (χ4n) is 2.28. The van der Waals surface area contributed by atoms with E-state index >= 15 is 0 Å². The van der Waals surface area contributed by atoms with Crippen molar-refractivity contribution in [1.29, 1.82) is 0 Å². The van der Waals surface area contributed by atoms with E-state index in [2.05, 4.69) is 10.5 Å². The quantitative estimate of drug-likeness (QED) is 0.786. The molecule has 1 aromatic heterocycles. The number of aromatic nitrogens is 1. The second kappa shape index (κ2) is 5.85. The Morgan fingerprint density at radius 2 is 1.86 bits per heavy atom. The number of hydrogen-bond donors (Lipinski definition) is 1. The molecule has 0 radical (unpaired) electrons. The molecule has 0 aliphatic rings. The Morgan fingerprint density at radius 1 is 1.05 bits per heavy atom. The van der Waals surface area contributed by atoms with E-state index in [0.29, 0.717) is 5.76 Å². The molecule has 4 nitrogen and oxygen atoms in total. The van der Waals surface area contributed by atoms with Gasteiger partial charge in [0.15, 0.2) is 11.5 Å². The smallest absolute Gasteiger partial charge is 0.277 e. The van der Waals surface area contributed by atoms with Gasteiger partial charge >= 0.3 is 0 Å². The van der Waals surface area contributed by atoms with Crippen molar-refractivity contribution >= 4 is 11.6 Å². The van der Waals surface area contributed by atoms with Gasteiger partial charge in [0.1, 0.15) is 0 Å². The lowest BCUT2D eigenvalue weighted by Gasteiger charge is -2.03. The fourth-order valence-corrected chi connectivity index (χ4v) is 2.28. The highest BCUT2D eigenvalue weighted by molar-refractivity contribution is 6.03. The zero-order chi connectivity index (χ0) is 15.5. The summed E-state index contributed by atoms with van der Waals surface area (Å²) in [6, 6.07) is 17.1. The topological polar surface area (TPSA) is 55.1 Å². The van der Waals surface area contributed by atoms with Gasteiger partial charge in [-0.2, -0.15) is 0 Å². The number of aryl methyl sites for hydroxylation is 2. The predicted octanol–water partition coefficient (Wildman–Crippen LogP) is 4.21. The van der Waals surface area contributed by atoms with Crippen LogP contribution in [0.4, 0.5) is 5.69 Å². The summed E-state index contributed by atoms with van der Waals surface area (Å²) in [5.41, 5.74) is 4.10. The minimum absolute atomic E-state index is 0.264. The Morgan fingerprint density at radius 3 is 2.64 bits per heavy atom. The molecule has 0 unspecified atom stereocenters. The molecule has 0 bridgehead atoms. The van der Waals surface area contributed by atoms with Gasteiger partial charge in [-0.1, -0.05) is 41.6 Å². The monoisotopic (exact) mass is 292 g/mol. The number of carbonyl (C=O) groups excluding carboxylic acids is 1. The SMILES string of the molecule is Cc1cccc(NC(=O)c2cc(-c3ccccc3C)on2)c1. The molecule has 0 saturated heterocycles. The number of rotatable bonds is 3. The Labute approximate surface area is 128 Å². The van der Waals surface area contributed by atoms with Crippen LogP contribution in [-0.4, -0.2) is 11.1 Å². The lowest BCUT2D eigenvalue weighted by atomic mass is 10.1. The van der Waals surface area contributed by atoms with Crippen LogP contribution in [0.1, 0.15) is 21.6 Å². The molecular weight excluding hydrogens is 276 g/mol. The van der Waals surface area contributed by atoms with Gasteiger partial charge in [0.2, 0.25) is 0 Å². The summed E-state index contributed by atoms with van der Waals surface area (Å²) in [6.45, 7) is 3.96. The molecule has 4 heteroatoms. The first-order chi connectivity index (χ1) is 10.6. The van der Waals surface area contributed by atoms with Crippen molar-refractivity contribution in [1.82, 2.24) is 5.16 Å². The van der Waals surface area contributed by atoms with Crippen LogP contribution in [0.2, 0.25) is 0 Å². The molecule has 0 saturated carbocycles. The summed E-state index contributed by atoms with van der Waals surface area (Å²) >= 11 is 0. The van der Waals surface area contributed by atoms with E-state index in [1.54, 1.807) is 6.07 Å². The second-order valence-electron chi connectivity index (χ2n) is 5.21. The van der Waals surface area contributed by atoms with Crippen molar-refractivity contribution in [2.45, 2.75) is 13.8 Å². The number of nitrogens with one attached hydrogen (secondary N) is 1. The van der Waals surface area contributed by atoms with Gasteiger partial charge in [0.05, 0.1) is 0 Å². The molecule has 0 spiro atoms. The number of carbonyl (C=O) groups is 1. The number of amides is 1. The van der Waals surface area contributed by atoms with E-state index in [9.17, 15) is 4.79 Å². The molecule has 1 N–H and O–H groups in total. The van der Waals surface area contributed by atoms with Crippen molar-refractivity contribution < 1.29 is 9.32 Å². The van der Waals surface area contributed by atoms with Crippen LogP contribution in [0.3, 0.4) is 0 Å². The van der Waals surface area contributed by atoms with Crippen molar-refractivity contribution in [3.05, 3.63) is 71.4 Å². The molecule has 3 rings (SSSR count). The summed E-state index contributed by atoms with van der Waals surface area (Å²) < 4.78 is 5.30. The third-order valence-corrected chi connectivity index (χ3v) is 3.43. The van der Waals surface area contributed by atoms with Crippen LogP contribution in [0, 0.1) is 13.8 Å². The Hall–Kier alpha value is -2.88. The van der Waals surface area contributed by atoms with Gasteiger partial charge in [-0.15, -0.1) is 0 Å². The predicted molar refractivity (Wildman–Crippen MR) is 85.8 cm³/mol. The van der Waals surface area contributed by atoms with E-state index in [4.69, 9.17) is 4.52 Å². The first-order valence-corrected chi connectivity index (χ1v) is 7.04. The van der Waals surface area contributed by atoms with Crippen LogP contribution in [0.5, 0.6) is 0 Å². The molecule has 1 amide bonds. The minimum atomic E-state index is -0.283. The molecule has 3 aromatic rings. The normalized spacial score (nSPS) is 10.5. The van der Waals surface area contributed by atoms with Crippen LogP contribution < -0.4 is 5.32 Å². The Kier molecular flexibility index (Phi) is 3.74. The van der Waals surface area contributed by atoms with E-state index in [1.807, 2.05) is 62.4 Å². The second-order valence-corrected chi connectivity index (χ2v) is 5.21. The van der Waals surface area contributed by atoms with Gasteiger partial charge in [0, 0.05) is 17.3 Å². The molecule has 110 valence electrons. The van der Waals surface area contributed by atoms with Crippen LogP contribution in [0.25, 0.3) is 11.3 Å². The van der Waals surface area contributed by atoms with E-state index < -0.39 is 0 Å². The van der Waals surface area contributed by atoms with Crippen molar-refractivity contribution in [2.75, 3.05) is 5.32 Å². The van der Waals surface area contributed by atoms with Crippen molar-refractivity contribution in [3.8, 4) is 11.3 Å². The highest BCUT2D eigenvalue weighted by atomic mass is 16.5. The maximum atomic E-state index is 12.2. The average Bonchev–Trinajstić information content (AvgIpc) is 2.97. The summed E-state index contributed by atoms with van der Waals surface area (Å²) in [5.74, 6) is 0.307. The molecule has 22 heavy (non-hydrogen) atoms. The highest BCUT2D eigenvalue weighted by Gasteiger charge is 2.14. The Bertz CT molecular complexity index is 821. The van der Waals surface area contributed by atoms with Crippen LogP contribution in [-0.2, 0) is 0 Å². The van der Waals surface area contributed by atoms with Crippen LogP contribution in [0.15, 0.2) is 59.1 Å². The maximum absolute atomic E-state index is 12.2. The number of nitrogens with zero attached hydrogens (tertiary/aromatic N) is 1. The van der Waals surface area contributed by atoms with Gasteiger partial charge in [-0.05, 0) is 37.1 Å². The van der Waals surface area contributed by atoms with Crippen molar-refractivity contribution in [3.63, 3.8) is 0 Å². The summed E-state index contributed by atoms with van der Waals surface area (Å²) in [4.78, 5) is 12.2. The molecule has 1 heterocycles. The molecule has 0 atom stereocenters. The zero-order valence-corrected chi connectivity index (χ0v) is 12.5. The average molecular weight is 292 g/mol. The number of anilines is 1. The molecule has 0 aliphatic heterocycles. The van der Waals surface area contributed by atoms with E-state index in [0.717, 1.165) is 22.4 Å². The Balaban J connectivity index is 1.82. The molecule has 0 fully saturated rings. The summed E-state index contributed by atoms with van der Waals surface area (Å²) in [5, 5.41) is 6.68. The van der Waals surface area contributed by atoms with Crippen molar-refractivity contribution in [2.24, 2.45) is 0 Å². The lowest BCUT2D eigenvalue weighted by Crippen LogP contribution is -2.12. The number of hydrogen-bond acceptors (Lipinski definition) is 3. The zero-order valence-electron chi connectivity index (χ0n) is 12.5. The van der Waals surface area contributed by atoms with E-state index in [1.165, 1.54) is 0 Å². The van der Waals surface area contributed by atoms with E-state index in [-0.39, 0.29) is 11.6 Å². The van der Waals surface area contributed by atoms with Crippen LogP contribution >= 0.6 is 0 Å². The fraction of sp³-hybridized carbons (Fsp3) is 0.111. The highest BCUT2D eigenvalue weighted by Crippen LogP contribution is 2.24. The summed E-state index contributed by atoms with van der Waals surface area (Å²) in [6.07, 6.45) is 0. The van der Waals surface area contributed by atoms with Gasteiger partial charge in [-0.25, -0.2) is 0 Å². The first kappa shape index (κ1) is 14.1. The van der Waals surface area contributed by atoms with Gasteiger partial charge in [-0.3, -0.25) is 4.79 Å². The maximum Gasteiger partial charge on any atom is 0.277 e. The standard InChI is InChI=1S/C18H16N2O2/c1-12-6-5-8-14(10-12)19-18(21)16-11-17(22-20-16)15-9-4-3-7-13(15)2/h3-11H,1-2H3,(H,19,21). The summed E-state index contributed by atoms with van der Waals surface area (Å²) in [7, 11) is 0. The molecule has 2 aromatic carbocycles. The lowest BCUT2D eigenvalue weighted by molar-refractivity contribution is 0.101. The first-order valence-electron chi connectivity index (χ1n) is 7.04. The molecular formula is C18H16N2O2. The third kappa shape index (κ3) is 2.91. The number of benzene rings is 2. The third-order valence-electron chi connectivity index (χ3n) is 3.43. The van der Waals surface area contributed by atoms with Gasteiger partial charge < -0.3 is 9.84 Å². The largest absolute Gasteiger partial charge is 0.355 e.